The zero-order chi connectivity index (χ0) is 34.6. The van der Waals surface area contributed by atoms with Gasteiger partial charge in [0.05, 0.1) is 40.0 Å². The van der Waals surface area contributed by atoms with Gasteiger partial charge in [0.1, 0.15) is 0 Å². The lowest BCUT2D eigenvalue weighted by atomic mass is 9.99. The van der Waals surface area contributed by atoms with Crippen molar-refractivity contribution in [3.8, 4) is 45.0 Å². The fourth-order valence-corrected chi connectivity index (χ4v) is 7.77. The van der Waals surface area contributed by atoms with Crippen LogP contribution in [0.25, 0.3) is 93.5 Å². The van der Waals surface area contributed by atoms with Gasteiger partial charge in [0.15, 0.2) is 5.69 Å². The standard InChI is InChI=1S/C48H30N4/c1-49-36-25-23-33(24-26-36)43-31-35(30-42(50-43)32-13-4-2-5-14-32)34-15-12-18-38(29-34)52-44-21-10-8-19-39(44)40-27-28-46-47(48(40)52)41-20-9-11-22-45(41)51(46)37-16-6-3-7-17-37/h2-31H. The van der Waals surface area contributed by atoms with Crippen LogP contribution >= 0.6 is 0 Å². The molecule has 242 valence electrons. The van der Waals surface area contributed by atoms with Gasteiger partial charge in [-0.3, -0.25) is 0 Å². The van der Waals surface area contributed by atoms with E-state index >= 15 is 0 Å². The molecule has 7 aromatic carbocycles. The zero-order valence-corrected chi connectivity index (χ0v) is 28.1. The predicted molar refractivity (Wildman–Crippen MR) is 215 cm³/mol. The van der Waals surface area contributed by atoms with E-state index in [1.807, 2.05) is 42.5 Å². The largest absolute Gasteiger partial charge is 0.309 e. The van der Waals surface area contributed by atoms with E-state index in [9.17, 15) is 0 Å². The van der Waals surface area contributed by atoms with Gasteiger partial charge in [0.25, 0.3) is 0 Å². The van der Waals surface area contributed by atoms with E-state index in [0.717, 1.165) is 45.0 Å². The number of fused-ring (bicyclic) bond motifs is 7. The molecule has 10 rings (SSSR count). The van der Waals surface area contributed by atoms with Crippen LogP contribution in [-0.4, -0.2) is 14.1 Å². The van der Waals surface area contributed by atoms with Gasteiger partial charge >= 0.3 is 0 Å². The summed E-state index contributed by atoms with van der Waals surface area (Å²) in [6.45, 7) is 7.42. The summed E-state index contributed by atoms with van der Waals surface area (Å²) in [5, 5.41) is 4.91. The highest BCUT2D eigenvalue weighted by atomic mass is 15.0. The minimum atomic E-state index is 0.614. The monoisotopic (exact) mass is 662 g/mol. The molecule has 52 heavy (non-hydrogen) atoms. The molecule has 0 unspecified atom stereocenters. The van der Waals surface area contributed by atoms with Crippen LogP contribution in [0, 0.1) is 6.57 Å². The lowest BCUT2D eigenvalue weighted by Crippen LogP contribution is -1.96. The van der Waals surface area contributed by atoms with Crippen molar-refractivity contribution in [2.45, 2.75) is 0 Å². The highest BCUT2D eigenvalue weighted by Crippen LogP contribution is 2.42. The molecule has 0 saturated heterocycles. The normalized spacial score (nSPS) is 11.4. The fourth-order valence-electron chi connectivity index (χ4n) is 7.77. The van der Waals surface area contributed by atoms with Crippen LogP contribution in [0.4, 0.5) is 5.69 Å². The molecule has 0 radical (unpaired) electrons. The molecule has 0 aliphatic heterocycles. The molecule has 4 nitrogen and oxygen atoms in total. The molecule has 0 amide bonds. The molecule has 4 heteroatoms. The fraction of sp³-hybridized carbons (Fsp3) is 0. The van der Waals surface area contributed by atoms with E-state index in [2.05, 4.69) is 154 Å². The molecule has 0 aliphatic carbocycles. The average molecular weight is 663 g/mol. The summed E-state index contributed by atoms with van der Waals surface area (Å²) in [5.41, 5.74) is 13.5. The van der Waals surface area contributed by atoms with Crippen LogP contribution in [0.3, 0.4) is 0 Å². The Kier molecular flexibility index (Phi) is 6.84. The molecule has 0 bridgehead atoms. The van der Waals surface area contributed by atoms with Crippen LogP contribution in [0.2, 0.25) is 0 Å². The Morgan fingerprint density at radius 1 is 0.404 bits per heavy atom. The lowest BCUT2D eigenvalue weighted by molar-refractivity contribution is 1.17. The highest BCUT2D eigenvalue weighted by Gasteiger charge is 2.21. The van der Waals surface area contributed by atoms with Gasteiger partial charge in [0.2, 0.25) is 0 Å². The molecule has 0 aliphatic rings. The minimum Gasteiger partial charge on any atom is -0.309 e. The maximum absolute atomic E-state index is 7.42. The Labute approximate surface area is 300 Å². The molecule has 10 aromatic rings. The van der Waals surface area contributed by atoms with Crippen molar-refractivity contribution in [1.82, 2.24) is 14.1 Å². The summed E-state index contributed by atoms with van der Waals surface area (Å²) in [6, 6.07) is 63.9. The first-order valence-corrected chi connectivity index (χ1v) is 17.4. The second-order valence-electron chi connectivity index (χ2n) is 13.1. The number of hydrogen-bond donors (Lipinski definition) is 0. The number of pyridine rings is 1. The van der Waals surface area contributed by atoms with Crippen molar-refractivity contribution in [3.05, 3.63) is 193 Å². The third kappa shape index (κ3) is 4.72. The number of rotatable bonds is 5. The average Bonchev–Trinajstić information content (AvgIpc) is 3.74. The minimum absolute atomic E-state index is 0.614. The van der Waals surface area contributed by atoms with E-state index in [1.165, 1.54) is 43.6 Å². The summed E-state index contributed by atoms with van der Waals surface area (Å²) in [7, 11) is 0. The maximum Gasteiger partial charge on any atom is 0.187 e. The van der Waals surface area contributed by atoms with E-state index in [1.54, 1.807) is 0 Å². The zero-order valence-electron chi connectivity index (χ0n) is 28.1. The van der Waals surface area contributed by atoms with Crippen LogP contribution in [-0.2, 0) is 0 Å². The second kappa shape index (κ2) is 12.0. The topological polar surface area (TPSA) is 27.1 Å². The Bertz CT molecular complexity index is 3000. The number of para-hydroxylation sites is 3. The van der Waals surface area contributed by atoms with E-state index in [0.29, 0.717) is 5.69 Å². The van der Waals surface area contributed by atoms with Crippen molar-refractivity contribution in [2.75, 3.05) is 0 Å². The number of benzene rings is 7. The molecule has 0 N–H and O–H groups in total. The Morgan fingerprint density at radius 2 is 1.00 bits per heavy atom. The summed E-state index contributed by atoms with van der Waals surface area (Å²) in [6.07, 6.45) is 0. The van der Waals surface area contributed by atoms with E-state index in [-0.39, 0.29) is 0 Å². The molecule has 0 saturated carbocycles. The summed E-state index contributed by atoms with van der Waals surface area (Å²) < 4.78 is 4.83. The molecule has 3 aromatic heterocycles. The van der Waals surface area contributed by atoms with Gasteiger partial charge in [-0.1, -0.05) is 127 Å². The third-order valence-electron chi connectivity index (χ3n) is 10.1. The van der Waals surface area contributed by atoms with Crippen LogP contribution in [0.5, 0.6) is 0 Å². The molecule has 0 fully saturated rings. The molecule has 0 spiro atoms. The van der Waals surface area contributed by atoms with Crippen LogP contribution in [0.15, 0.2) is 182 Å². The second-order valence-corrected chi connectivity index (χ2v) is 13.1. The first-order valence-electron chi connectivity index (χ1n) is 17.4. The van der Waals surface area contributed by atoms with Crippen molar-refractivity contribution >= 4 is 49.3 Å². The van der Waals surface area contributed by atoms with Gasteiger partial charge in [-0.25, -0.2) is 9.83 Å². The smallest absolute Gasteiger partial charge is 0.187 e. The highest BCUT2D eigenvalue weighted by molar-refractivity contribution is 6.26. The molecular formula is C48H30N4. The number of nitrogens with zero attached hydrogens (tertiary/aromatic N) is 4. The molecular weight excluding hydrogens is 633 g/mol. The Morgan fingerprint density at radius 3 is 1.73 bits per heavy atom. The van der Waals surface area contributed by atoms with E-state index in [4.69, 9.17) is 11.6 Å². The van der Waals surface area contributed by atoms with Crippen molar-refractivity contribution < 1.29 is 0 Å². The Hall–Kier alpha value is -7.22. The maximum atomic E-state index is 7.42. The van der Waals surface area contributed by atoms with E-state index < -0.39 is 0 Å². The van der Waals surface area contributed by atoms with Gasteiger partial charge in [-0.15, -0.1) is 0 Å². The van der Waals surface area contributed by atoms with Crippen molar-refractivity contribution in [1.29, 1.82) is 0 Å². The lowest BCUT2D eigenvalue weighted by Gasteiger charge is -2.13. The summed E-state index contributed by atoms with van der Waals surface area (Å²) in [5.74, 6) is 0. The first kappa shape index (κ1) is 29.7. The summed E-state index contributed by atoms with van der Waals surface area (Å²) >= 11 is 0. The number of hydrogen-bond acceptors (Lipinski definition) is 1. The van der Waals surface area contributed by atoms with Gasteiger partial charge in [-0.05, 0) is 71.3 Å². The number of aromatic nitrogens is 3. The predicted octanol–water partition coefficient (Wildman–Crippen LogP) is 12.8. The van der Waals surface area contributed by atoms with Crippen LogP contribution < -0.4 is 0 Å². The first-order chi connectivity index (χ1) is 25.7. The Balaban J connectivity index is 1.24. The van der Waals surface area contributed by atoms with Gasteiger partial charge < -0.3 is 9.13 Å². The van der Waals surface area contributed by atoms with Crippen LogP contribution in [0.1, 0.15) is 0 Å². The third-order valence-corrected chi connectivity index (χ3v) is 10.1. The quantitative estimate of drug-likeness (QED) is 0.169. The summed E-state index contributed by atoms with van der Waals surface area (Å²) in [4.78, 5) is 8.71. The SMILES string of the molecule is [C-]#[N+]c1ccc(-c2cc(-c3cccc(-n4c5ccccc5c5ccc6c(c7ccccc7n6-c6ccccc6)c54)c3)cc(-c3ccccc3)n2)cc1. The van der Waals surface area contributed by atoms with Crippen molar-refractivity contribution in [2.24, 2.45) is 0 Å². The molecule has 0 atom stereocenters. The molecule has 3 heterocycles. The van der Waals surface area contributed by atoms with Crippen molar-refractivity contribution in [3.63, 3.8) is 0 Å². The van der Waals surface area contributed by atoms with Gasteiger partial charge in [0, 0.05) is 38.5 Å². The van der Waals surface area contributed by atoms with Gasteiger partial charge in [-0.2, -0.15) is 0 Å².